The molecule has 2 aromatic rings. The van der Waals surface area contributed by atoms with Crippen LogP contribution in [0, 0.1) is 12.7 Å². The van der Waals surface area contributed by atoms with E-state index in [4.69, 9.17) is 14.2 Å². The molecular weight excluding hydrogens is 313 g/mol. The van der Waals surface area contributed by atoms with E-state index in [9.17, 15) is 4.39 Å². The van der Waals surface area contributed by atoms with Crippen molar-refractivity contribution >= 4 is 5.95 Å². The summed E-state index contributed by atoms with van der Waals surface area (Å²) in [4.78, 5) is 11.0. The average Bonchev–Trinajstić information content (AvgIpc) is 2.60. The summed E-state index contributed by atoms with van der Waals surface area (Å²) in [5.74, 6) is 0.909. The van der Waals surface area contributed by atoms with Gasteiger partial charge in [-0.15, -0.1) is 0 Å². The van der Waals surface area contributed by atoms with Crippen molar-refractivity contribution in [2.24, 2.45) is 0 Å². The average molecular weight is 333 g/mol. The number of hydrogen-bond donors (Lipinski definition) is 0. The van der Waals surface area contributed by atoms with Crippen LogP contribution < -0.4 is 14.4 Å². The molecular formula is C17H20FN3O3. The van der Waals surface area contributed by atoms with E-state index in [-0.39, 0.29) is 12.4 Å². The summed E-state index contributed by atoms with van der Waals surface area (Å²) in [6.45, 7) is 4.96. The molecule has 6 nitrogen and oxygen atoms in total. The first-order valence-electron chi connectivity index (χ1n) is 7.79. The van der Waals surface area contributed by atoms with Crippen LogP contribution in [0.1, 0.15) is 11.3 Å². The zero-order valence-electron chi connectivity index (χ0n) is 13.8. The van der Waals surface area contributed by atoms with E-state index in [1.807, 2.05) is 6.92 Å². The smallest absolute Gasteiger partial charge is 0.229 e. The summed E-state index contributed by atoms with van der Waals surface area (Å²) in [6, 6.07) is 6.51. The van der Waals surface area contributed by atoms with Gasteiger partial charge in [-0.3, -0.25) is 0 Å². The minimum absolute atomic E-state index is 0.214. The lowest BCUT2D eigenvalue weighted by molar-refractivity contribution is 0.122. The third-order valence-corrected chi connectivity index (χ3v) is 3.72. The molecule has 0 N–H and O–H groups in total. The van der Waals surface area contributed by atoms with Crippen molar-refractivity contribution < 1.29 is 18.6 Å². The van der Waals surface area contributed by atoms with Crippen LogP contribution in [0.25, 0.3) is 0 Å². The van der Waals surface area contributed by atoms with Gasteiger partial charge < -0.3 is 19.1 Å². The number of ether oxygens (including phenoxy) is 3. The maximum Gasteiger partial charge on any atom is 0.229 e. The van der Waals surface area contributed by atoms with Gasteiger partial charge in [0, 0.05) is 24.8 Å². The Balaban J connectivity index is 1.70. The quantitative estimate of drug-likeness (QED) is 0.837. The third kappa shape index (κ3) is 3.91. The van der Waals surface area contributed by atoms with Crippen LogP contribution in [0.2, 0.25) is 0 Å². The highest BCUT2D eigenvalue weighted by Crippen LogP contribution is 2.20. The standard InChI is InChI=1S/C17H20FN3O3/c1-12-9-16(20-17(19-12)21-5-7-23-8-6-21)24-11-13-3-4-15(22-2)14(18)10-13/h3-4,9-10H,5-8,11H2,1-2H3. The number of morpholine rings is 1. The van der Waals surface area contributed by atoms with Crippen LogP contribution in [-0.4, -0.2) is 43.4 Å². The van der Waals surface area contributed by atoms with E-state index in [2.05, 4.69) is 14.9 Å². The van der Waals surface area contributed by atoms with Gasteiger partial charge in [0.05, 0.1) is 20.3 Å². The van der Waals surface area contributed by atoms with Gasteiger partial charge in [-0.05, 0) is 24.6 Å². The SMILES string of the molecule is COc1ccc(COc2cc(C)nc(N3CCOCC3)n2)cc1F. The maximum atomic E-state index is 13.7. The van der Waals surface area contributed by atoms with E-state index in [1.165, 1.54) is 13.2 Å². The molecule has 3 rings (SSSR count). The molecule has 0 atom stereocenters. The largest absolute Gasteiger partial charge is 0.494 e. The van der Waals surface area contributed by atoms with Crippen molar-refractivity contribution in [1.82, 2.24) is 9.97 Å². The normalized spacial score (nSPS) is 14.5. The van der Waals surface area contributed by atoms with Crippen molar-refractivity contribution in [3.63, 3.8) is 0 Å². The number of nitrogens with zero attached hydrogens (tertiary/aromatic N) is 3. The van der Waals surface area contributed by atoms with Gasteiger partial charge in [0.25, 0.3) is 0 Å². The minimum Gasteiger partial charge on any atom is -0.494 e. The minimum atomic E-state index is -0.411. The van der Waals surface area contributed by atoms with Crippen molar-refractivity contribution in [3.05, 3.63) is 41.3 Å². The molecule has 0 saturated carbocycles. The molecule has 1 aliphatic rings. The lowest BCUT2D eigenvalue weighted by Gasteiger charge is -2.27. The summed E-state index contributed by atoms with van der Waals surface area (Å²) in [7, 11) is 1.44. The van der Waals surface area contributed by atoms with Gasteiger partial charge in [0.15, 0.2) is 11.6 Å². The molecule has 1 aromatic heterocycles. The zero-order chi connectivity index (χ0) is 16.9. The molecule has 0 radical (unpaired) electrons. The molecule has 1 fully saturated rings. The monoisotopic (exact) mass is 333 g/mol. The predicted molar refractivity (Wildman–Crippen MR) is 87.1 cm³/mol. The number of rotatable bonds is 5. The van der Waals surface area contributed by atoms with Crippen LogP contribution in [0.5, 0.6) is 11.6 Å². The fourth-order valence-electron chi connectivity index (χ4n) is 2.46. The van der Waals surface area contributed by atoms with Crippen molar-refractivity contribution in [2.75, 3.05) is 38.3 Å². The van der Waals surface area contributed by atoms with Crippen LogP contribution in [0.3, 0.4) is 0 Å². The van der Waals surface area contributed by atoms with Crippen LogP contribution in [0.4, 0.5) is 10.3 Å². The Labute approximate surface area is 140 Å². The number of anilines is 1. The van der Waals surface area contributed by atoms with Gasteiger partial charge in [-0.1, -0.05) is 6.07 Å². The molecule has 0 amide bonds. The van der Waals surface area contributed by atoms with E-state index in [0.717, 1.165) is 18.8 Å². The highest BCUT2D eigenvalue weighted by atomic mass is 19.1. The van der Waals surface area contributed by atoms with E-state index in [0.29, 0.717) is 30.6 Å². The fourth-order valence-corrected chi connectivity index (χ4v) is 2.46. The van der Waals surface area contributed by atoms with Gasteiger partial charge >= 0.3 is 0 Å². The third-order valence-electron chi connectivity index (χ3n) is 3.72. The molecule has 24 heavy (non-hydrogen) atoms. The summed E-state index contributed by atoms with van der Waals surface area (Å²) < 4.78 is 29.7. The van der Waals surface area contributed by atoms with Gasteiger partial charge in [-0.25, -0.2) is 9.37 Å². The summed E-state index contributed by atoms with van der Waals surface area (Å²) in [6.07, 6.45) is 0. The molecule has 128 valence electrons. The molecule has 1 aliphatic heterocycles. The second-order valence-electron chi connectivity index (χ2n) is 5.50. The van der Waals surface area contributed by atoms with Crippen molar-refractivity contribution in [2.45, 2.75) is 13.5 Å². The fraction of sp³-hybridized carbons (Fsp3) is 0.412. The molecule has 2 heterocycles. The van der Waals surface area contributed by atoms with Crippen molar-refractivity contribution in [3.8, 4) is 11.6 Å². The Morgan fingerprint density at radius 1 is 1.21 bits per heavy atom. The van der Waals surface area contributed by atoms with Gasteiger partial charge in [0.1, 0.15) is 6.61 Å². The van der Waals surface area contributed by atoms with E-state index >= 15 is 0 Å². The number of hydrogen-bond acceptors (Lipinski definition) is 6. The Morgan fingerprint density at radius 3 is 2.71 bits per heavy atom. The lowest BCUT2D eigenvalue weighted by Crippen LogP contribution is -2.37. The number of methoxy groups -OCH3 is 1. The van der Waals surface area contributed by atoms with Crippen molar-refractivity contribution in [1.29, 1.82) is 0 Å². The molecule has 1 aromatic carbocycles. The molecule has 7 heteroatoms. The van der Waals surface area contributed by atoms with Crippen LogP contribution in [-0.2, 0) is 11.3 Å². The first-order chi connectivity index (χ1) is 11.7. The van der Waals surface area contributed by atoms with E-state index < -0.39 is 5.82 Å². The number of aromatic nitrogens is 2. The molecule has 0 spiro atoms. The topological polar surface area (TPSA) is 56.7 Å². The summed E-state index contributed by atoms with van der Waals surface area (Å²) in [5, 5.41) is 0. The zero-order valence-corrected chi connectivity index (χ0v) is 13.8. The van der Waals surface area contributed by atoms with Gasteiger partial charge in [0.2, 0.25) is 11.8 Å². The molecule has 1 saturated heterocycles. The van der Waals surface area contributed by atoms with E-state index in [1.54, 1.807) is 18.2 Å². The Hall–Kier alpha value is -2.41. The molecule has 0 aliphatic carbocycles. The molecule has 0 unspecified atom stereocenters. The number of halogens is 1. The maximum absolute atomic E-state index is 13.7. The number of benzene rings is 1. The molecule has 0 bridgehead atoms. The first kappa shape index (κ1) is 16.4. The van der Waals surface area contributed by atoms with Crippen LogP contribution in [0.15, 0.2) is 24.3 Å². The predicted octanol–water partition coefficient (Wildman–Crippen LogP) is 2.35. The Kier molecular flexibility index (Phi) is 5.10. The van der Waals surface area contributed by atoms with Gasteiger partial charge in [-0.2, -0.15) is 4.98 Å². The summed E-state index contributed by atoms with van der Waals surface area (Å²) >= 11 is 0. The highest BCUT2D eigenvalue weighted by Gasteiger charge is 2.15. The number of aryl methyl sites for hydroxylation is 1. The van der Waals surface area contributed by atoms with Crippen LogP contribution >= 0.6 is 0 Å². The summed E-state index contributed by atoms with van der Waals surface area (Å²) in [5.41, 5.74) is 1.53. The highest BCUT2D eigenvalue weighted by molar-refractivity contribution is 5.35. The Bertz CT molecular complexity index is 705. The first-order valence-corrected chi connectivity index (χ1v) is 7.79. The second kappa shape index (κ2) is 7.44. The lowest BCUT2D eigenvalue weighted by atomic mass is 10.2. The second-order valence-corrected chi connectivity index (χ2v) is 5.50. The Morgan fingerprint density at radius 2 is 2.00 bits per heavy atom.